The molecule has 4 aromatic rings. The molecule has 0 saturated carbocycles. The monoisotopic (exact) mass is 549 g/mol. The van der Waals surface area contributed by atoms with Crippen LogP contribution in [-0.2, 0) is 6.18 Å². The molecule has 10 nitrogen and oxygen atoms in total. The predicted molar refractivity (Wildman–Crippen MR) is 140 cm³/mol. The Labute approximate surface area is 227 Å². The van der Waals surface area contributed by atoms with Crippen molar-refractivity contribution in [3.63, 3.8) is 0 Å². The Bertz CT molecular complexity index is 1570. The number of benzene rings is 1. The number of urea groups is 1. The van der Waals surface area contributed by atoms with Crippen molar-refractivity contribution in [3.8, 4) is 17.3 Å². The molecule has 40 heavy (non-hydrogen) atoms. The highest BCUT2D eigenvalue weighted by molar-refractivity contribution is 5.90. The number of aromatic nitrogens is 5. The average molecular weight is 550 g/mol. The van der Waals surface area contributed by atoms with Crippen molar-refractivity contribution in [1.29, 1.82) is 5.26 Å². The molecule has 206 valence electrons. The van der Waals surface area contributed by atoms with Crippen LogP contribution in [0.15, 0.2) is 55.2 Å². The minimum absolute atomic E-state index is 0.0666. The molecule has 3 aromatic heterocycles. The second-order valence-corrected chi connectivity index (χ2v) is 10.2. The Kier molecular flexibility index (Phi) is 6.63. The summed E-state index contributed by atoms with van der Waals surface area (Å²) in [6.45, 7) is 2.35. The molecule has 2 aliphatic heterocycles. The number of hydrogen-bond donors (Lipinski definition) is 2. The minimum Gasteiger partial charge on any atom is -0.346 e. The fourth-order valence-electron chi connectivity index (χ4n) is 5.67. The van der Waals surface area contributed by atoms with Crippen molar-refractivity contribution in [2.24, 2.45) is 5.92 Å². The average Bonchev–Trinajstić information content (AvgIpc) is 3.58. The molecule has 6 rings (SSSR count). The number of anilines is 1. The summed E-state index contributed by atoms with van der Waals surface area (Å²) in [6.07, 6.45) is 3.61. The summed E-state index contributed by atoms with van der Waals surface area (Å²) in [6, 6.07) is 8.60. The molecule has 5 heterocycles. The van der Waals surface area contributed by atoms with Gasteiger partial charge >= 0.3 is 12.2 Å². The Balaban J connectivity index is 1.07. The number of hydrogen-bond acceptors (Lipinski definition) is 6. The largest absolute Gasteiger partial charge is 0.416 e. The zero-order chi connectivity index (χ0) is 27.9. The number of carbonyl (C=O) groups is 1. The van der Waals surface area contributed by atoms with E-state index in [4.69, 9.17) is 0 Å². The second-order valence-electron chi connectivity index (χ2n) is 10.2. The van der Waals surface area contributed by atoms with Crippen LogP contribution < -0.4 is 5.32 Å². The normalized spacial score (nSPS) is 20.3. The third-order valence-corrected chi connectivity index (χ3v) is 7.74. The fraction of sp³-hybridized carbons (Fsp3) is 0.370. The molecule has 2 amide bonds. The lowest BCUT2D eigenvalue weighted by Crippen LogP contribution is -2.60. The molecule has 0 spiro atoms. The number of halogens is 3. The van der Waals surface area contributed by atoms with E-state index in [1.165, 1.54) is 18.5 Å². The summed E-state index contributed by atoms with van der Waals surface area (Å²) < 4.78 is 41.1. The minimum atomic E-state index is -4.49. The lowest BCUT2D eigenvalue weighted by Gasteiger charge is -2.50. The number of carbonyl (C=O) groups excluding carboxylic acids is 1. The molecule has 2 aliphatic rings. The van der Waals surface area contributed by atoms with Gasteiger partial charge in [0.15, 0.2) is 0 Å². The van der Waals surface area contributed by atoms with Crippen molar-refractivity contribution in [1.82, 2.24) is 34.5 Å². The quantitative estimate of drug-likeness (QED) is 0.378. The van der Waals surface area contributed by atoms with E-state index < -0.39 is 17.8 Å². The molecule has 0 radical (unpaired) electrons. The second kappa shape index (κ2) is 10.3. The van der Waals surface area contributed by atoms with Crippen molar-refractivity contribution in [2.75, 3.05) is 31.5 Å². The maximum Gasteiger partial charge on any atom is 0.416 e. The van der Waals surface area contributed by atoms with Crippen LogP contribution in [0.2, 0.25) is 0 Å². The van der Waals surface area contributed by atoms with Crippen LogP contribution in [0.4, 0.5) is 23.7 Å². The van der Waals surface area contributed by atoms with E-state index >= 15 is 0 Å². The van der Waals surface area contributed by atoms with Crippen molar-refractivity contribution >= 4 is 22.8 Å². The van der Waals surface area contributed by atoms with E-state index in [1.807, 2.05) is 23.1 Å². The van der Waals surface area contributed by atoms with Crippen LogP contribution >= 0.6 is 0 Å². The van der Waals surface area contributed by atoms with E-state index in [1.54, 1.807) is 11.1 Å². The first-order valence-corrected chi connectivity index (χ1v) is 13.0. The number of nitriles is 1. The van der Waals surface area contributed by atoms with Crippen LogP contribution in [0.25, 0.3) is 22.3 Å². The van der Waals surface area contributed by atoms with Gasteiger partial charge in [0.05, 0.1) is 29.6 Å². The summed E-state index contributed by atoms with van der Waals surface area (Å²) in [7, 11) is 0. The number of alkyl halides is 3. The molecule has 1 aromatic carbocycles. The number of fused-ring (bicyclic) bond motifs is 1. The first-order valence-electron chi connectivity index (χ1n) is 13.0. The molecule has 2 fully saturated rings. The first kappa shape index (κ1) is 25.8. The smallest absolute Gasteiger partial charge is 0.346 e. The van der Waals surface area contributed by atoms with E-state index in [0.717, 1.165) is 47.5 Å². The zero-order valence-corrected chi connectivity index (χ0v) is 21.3. The molecule has 13 heteroatoms. The van der Waals surface area contributed by atoms with E-state index in [9.17, 15) is 23.2 Å². The molecular weight excluding hydrogens is 523 g/mol. The van der Waals surface area contributed by atoms with Gasteiger partial charge in [0.2, 0.25) is 0 Å². The number of nitrogens with one attached hydrogen (secondary N) is 2. The summed E-state index contributed by atoms with van der Waals surface area (Å²) in [5, 5.41) is 17.5. The van der Waals surface area contributed by atoms with Crippen molar-refractivity contribution < 1.29 is 18.0 Å². The fourth-order valence-corrected chi connectivity index (χ4v) is 5.67. The third-order valence-electron chi connectivity index (χ3n) is 7.74. The number of likely N-dealkylation sites (tertiary alicyclic amines) is 2. The van der Waals surface area contributed by atoms with Gasteiger partial charge in [-0.05, 0) is 30.7 Å². The molecule has 2 atom stereocenters. The lowest BCUT2D eigenvalue weighted by atomic mass is 9.86. The van der Waals surface area contributed by atoms with Gasteiger partial charge < -0.3 is 15.2 Å². The number of rotatable bonds is 5. The highest BCUT2D eigenvalue weighted by Gasteiger charge is 2.41. The number of piperidine rings is 1. The number of nitrogens with zero attached hydrogens (tertiary/aromatic N) is 7. The van der Waals surface area contributed by atoms with E-state index in [2.05, 4.69) is 36.3 Å². The van der Waals surface area contributed by atoms with E-state index in [0.29, 0.717) is 19.5 Å². The van der Waals surface area contributed by atoms with E-state index in [-0.39, 0.29) is 30.1 Å². The molecule has 0 aliphatic carbocycles. The van der Waals surface area contributed by atoms with Crippen molar-refractivity contribution in [2.45, 2.75) is 31.1 Å². The molecule has 2 N–H and O–H groups in total. The van der Waals surface area contributed by atoms with Crippen molar-refractivity contribution in [3.05, 3.63) is 60.8 Å². The predicted octanol–water partition coefficient (Wildman–Crippen LogP) is 4.53. The van der Waals surface area contributed by atoms with Gasteiger partial charge in [-0.1, -0.05) is 6.07 Å². The van der Waals surface area contributed by atoms with Gasteiger partial charge in [0.25, 0.3) is 0 Å². The van der Waals surface area contributed by atoms with Crippen LogP contribution in [0.1, 0.15) is 24.4 Å². The Morgan fingerprint density at radius 1 is 1.20 bits per heavy atom. The number of aromatic amines is 1. The zero-order valence-electron chi connectivity index (χ0n) is 21.3. The Hall–Kier alpha value is -4.44. The van der Waals surface area contributed by atoms with Gasteiger partial charge in [-0.2, -0.15) is 23.5 Å². The molecule has 2 unspecified atom stereocenters. The highest BCUT2D eigenvalue weighted by Crippen LogP contribution is 2.34. The Morgan fingerprint density at radius 3 is 2.85 bits per heavy atom. The van der Waals surface area contributed by atoms with Gasteiger partial charge in [0, 0.05) is 73.6 Å². The molecule has 0 bridgehead atoms. The highest BCUT2D eigenvalue weighted by atomic mass is 19.4. The summed E-state index contributed by atoms with van der Waals surface area (Å²) in [4.78, 5) is 28.5. The molecular formula is C27H26F3N9O. The standard InChI is InChI=1S/C27H26F3N9O/c28-27(29,30)19-2-1-3-20(10-19)36-26(40)37-9-6-23(17(12-37)4-7-31)38-14-21(15-38)39-13-18(11-35-39)24-22-5-8-32-25(22)34-16-33-24/h1-3,5,8,10-11,13,16-17,21,23H,4,6,9,12,14-15H2,(H,36,40)(H,32,33,34). The number of H-pyrrole nitrogens is 1. The van der Waals surface area contributed by atoms with Gasteiger partial charge in [-0.25, -0.2) is 14.8 Å². The summed E-state index contributed by atoms with van der Waals surface area (Å²) in [5.74, 6) is -0.0666. The third kappa shape index (κ3) is 4.98. The van der Waals surface area contributed by atoms with Crippen LogP contribution in [0, 0.1) is 17.2 Å². The summed E-state index contributed by atoms with van der Waals surface area (Å²) in [5.41, 5.74) is 1.76. The van der Waals surface area contributed by atoms with Crippen LogP contribution in [-0.4, -0.2) is 72.8 Å². The van der Waals surface area contributed by atoms with Gasteiger partial charge in [0.1, 0.15) is 12.0 Å². The topological polar surface area (TPSA) is 119 Å². The first-order chi connectivity index (χ1) is 19.3. The summed E-state index contributed by atoms with van der Waals surface area (Å²) >= 11 is 0. The van der Waals surface area contributed by atoms with Gasteiger partial charge in [-0.15, -0.1) is 0 Å². The van der Waals surface area contributed by atoms with Gasteiger partial charge in [-0.3, -0.25) is 9.58 Å². The van der Waals surface area contributed by atoms with Crippen LogP contribution in [0.3, 0.4) is 0 Å². The maximum atomic E-state index is 13.0. The Morgan fingerprint density at radius 2 is 2.05 bits per heavy atom. The van der Waals surface area contributed by atoms with Crippen LogP contribution in [0.5, 0.6) is 0 Å². The SMILES string of the molecule is N#CCC1CN(C(=O)Nc2cccc(C(F)(F)F)c2)CCC1N1CC(n2cc(-c3ncnc4[nH]ccc34)cn2)C1. The lowest BCUT2D eigenvalue weighted by molar-refractivity contribution is -0.137. The molecule has 2 saturated heterocycles. The number of amides is 2. The maximum absolute atomic E-state index is 13.0.